The van der Waals surface area contributed by atoms with E-state index >= 15 is 0 Å². The summed E-state index contributed by atoms with van der Waals surface area (Å²) in [5, 5.41) is 8.58. The van der Waals surface area contributed by atoms with Crippen LogP contribution in [0.25, 0.3) is 6.08 Å². The van der Waals surface area contributed by atoms with Gasteiger partial charge in [-0.15, -0.1) is 0 Å². The molecule has 0 unspecified atom stereocenters. The first-order valence-corrected chi connectivity index (χ1v) is 5.94. The molecular weight excluding hydrogens is 291 g/mol. The van der Waals surface area contributed by atoms with E-state index in [0.29, 0.717) is 5.69 Å². The van der Waals surface area contributed by atoms with Gasteiger partial charge in [0.05, 0.1) is 6.61 Å². The minimum absolute atomic E-state index is 0.102. The lowest BCUT2D eigenvalue weighted by molar-refractivity contribution is -0.175. The van der Waals surface area contributed by atoms with Crippen molar-refractivity contribution in [2.24, 2.45) is 0 Å². The zero-order valence-corrected chi connectivity index (χ0v) is 11.2. The smallest absolute Gasteiger partial charge is 0.411 e. The van der Waals surface area contributed by atoms with Gasteiger partial charge in [-0.1, -0.05) is 0 Å². The Kier molecular flexibility index (Phi) is 6.16. The summed E-state index contributed by atoms with van der Waals surface area (Å²) in [6, 6.07) is 3.21. The maximum Gasteiger partial charge on any atom is 0.411 e. The minimum Gasteiger partial charge on any atom is -0.489 e. The molecule has 1 rings (SSSR count). The molecule has 1 heterocycles. The third kappa shape index (κ3) is 7.31. The van der Waals surface area contributed by atoms with Gasteiger partial charge in [0, 0.05) is 11.8 Å². The van der Waals surface area contributed by atoms with Gasteiger partial charge >= 0.3 is 12.1 Å². The molecule has 1 aromatic rings. The number of alkyl halides is 3. The highest BCUT2D eigenvalue weighted by molar-refractivity contribution is 5.85. The van der Waals surface area contributed by atoms with Crippen molar-refractivity contribution in [1.82, 2.24) is 4.98 Å². The van der Waals surface area contributed by atoms with Crippen LogP contribution in [0.5, 0.6) is 5.75 Å². The number of hydrogen-bond acceptors (Lipinski definition) is 4. The standard InChI is InChI=1S/C13H14F3NO4/c1-9-2-4-11(10(17-9)3-5-12(18)19)21-7-6-20-8-13(14,15)16/h2-5H,6-8H2,1H3,(H,18,19). The summed E-state index contributed by atoms with van der Waals surface area (Å²) in [6.07, 6.45) is -2.23. The summed E-state index contributed by atoms with van der Waals surface area (Å²) in [6.45, 7) is 0.0345. The highest BCUT2D eigenvalue weighted by atomic mass is 19.4. The predicted molar refractivity (Wildman–Crippen MR) is 68.0 cm³/mol. The molecule has 5 nitrogen and oxygen atoms in total. The Labute approximate surface area is 119 Å². The Morgan fingerprint density at radius 1 is 1.38 bits per heavy atom. The number of carboxylic acid groups (broad SMARTS) is 1. The van der Waals surface area contributed by atoms with Crippen LogP contribution in [0.2, 0.25) is 0 Å². The van der Waals surface area contributed by atoms with Crippen LogP contribution in [0.1, 0.15) is 11.4 Å². The molecule has 8 heteroatoms. The van der Waals surface area contributed by atoms with E-state index in [1.807, 2.05) is 0 Å². The molecule has 0 aliphatic rings. The molecule has 0 atom stereocenters. The van der Waals surface area contributed by atoms with Crippen molar-refractivity contribution in [3.63, 3.8) is 0 Å². The molecule has 0 saturated carbocycles. The number of hydrogen-bond donors (Lipinski definition) is 1. The summed E-state index contributed by atoms with van der Waals surface area (Å²) < 4.78 is 45.2. The summed E-state index contributed by atoms with van der Waals surface area (Å²) in [5.41, 5.74) is 0.939. The van der Waals surface area contributed by atoms with Gasteiger partial charge in [-0.05, 0) is 25.1 Å². The minimum atomic E-state index is -4.37. The van der Waals surface area contributed by atoms with Gasteiger partial charge < -0.3 is 14.6 Å². The number of aryl methyl sites for hydroxylation is 1. The lowest BCUT2D eigenvalue weighted by Crippen LogP contribution is -2.19. The molecule has 0 amide bonds. The maximum atomic E-state index is 11.8. The second-order valence-corrected chi connectivity index (χ2v) is 4.02. The van der Waals surface area contributed by atoms with Gasteiger partial charge in [-0.25, -0.2) is 9.78 Å². The van der Waals surface area contributed by atoms with Gasteiger partial charge in [-0.3, -0.25) is 0 Å². The van der Waals surface area contributed by atoms with Gasteiger partial charge in [0.2, 0.25) is 0 Å². The van der Waals surface area contributed by atoms with E-state index in [1.54, 1.807) is 19.1 Å². The fourth-order valence-corrected chi connectivity index (χ4v) is 1.35. The second-order valence-electron chi connectivity index (χ2n) is 4.02. The van der Waals surface area contributed by atoms with Gasteiger partial charge in [-0.2, -0.15) is 13.2 Å². The lowest BCUT2D eigenvalue weighted by Gasteiger charge is -2.10. The largest absolute Gasteiger partial charge is 0.489 e. The van der Waals surface area contributed by atoms with Gasteiger partial charge in [0.15, 0.2) is 0 Å². The average molecular weight is 305 g/mol. The number of carboxylic acids is 1. The molecular formula is C13H14F3NO4. The molecule has 1 N–H and O–H groups in total. The molecule has 0 aromatic carbocycles. The zero-order valence-electron chi connectivity index (χ0n) is 11.2. The predicted octanol–water partition coefficient (Wildman–Crippen LogP) is 2.45. The van der Waals surface area contributed by atoms with Crippen LogP contribution in [-0.4, -0.2) is 42.1 Å². The number of halogens is 3. The molecule has 116 valence electrons. The van der Waals surface area contributed by atoms with Crippen LogP contribution < -0.4 is 4.74 Å². The highest BCUT2D eigenvalue weighted by Gasteiger charge is 2.27. The summed E-state index contributed by atoms with van der Waals surface area (Å²) in [4.78, 5) is 14.6. The van der Waals surface area contributed by atoms with Crippen LogP contribution in [0, 0.1) is 6.92 Å². The van der Waals surface area contributed by atoms with Gasteiger partial charge in [0.25, 0.3) is 0 Å². The Morgan fingerprint density at radius 2 is 2.10 bits per heavy atom. The molecule has 0 spiro atoms. The molecule has 21 heavy (non-hydrogen) atoms. The molecule has 0 aliphatic carbocycles. The molecule has 0 bridgehead atoms. The van der Waals surface area contributed by atoms with Crippen LogP contribution in [0.15, 0.2) is 18.2 Å². The van der Waals surface area contributed by atoms with E-state index in [4.69, 9.17) is 9.84 Å². The number of aromatic nitrogens is 1. The van der Waals surface area contributed by atoms with Crippen LogP contribution >= 0.6 is 0 Å². The fourth-order valence-electron chi connectivity index (χ4n) is 1.35. The Bertz CT molecular complexity index is 515. The molecule has 0 fully saturated rings. The quantitative estimate of drug-likeness (QED) is 0.619. The van der Waals surface area contributed by atoms with Crippen LogP contribution in [-0.2, 0) is 9.53 Å². The topological polar surface area (TPSA) is 68.7 Å². The third-order valence-electron chi connectivity index (χ3n) is 2.16. The Morgan fingerprint density at radius 3 is 2.71 bits per heavy atom. The maximum absolute atomic E-state index is 11.8. The Balaban J connectivity index is 2.56. The van der Waals surface area contributed by atoms with E-state index in [0.717, 1.165) is 6.08 Å². The molecule has 1 aromatic heterocycles. The molecule has 0 aliphatic heterocycles. The average Bonchev–Trinajstić information content (AvgIpc) is 2.36. The van der Waals surface area contributed by atoms with Crippen molar-refractivity contribution < 1.29 is 32.5 Å². The number of carbonyl (C=O) groups is 1. The van der Waals surface area contributed by atoms with Crippen molar-refractivity contribution in [2.75, 3.05) is 19.8 Å². The second kappa shape index (κ2) is 7.63. The molecule has 0 radical (unpaired) electrons. The van der Waals surface area contributed by atoms with Crippen LogP contribution in [0.3, 0.4) is 0 Å². The van der Waals surface area contributed by atoms with E-state index in [-0.39, 0.29) is 24.7 Å². The SMILES string of the molecule is Cc1ccc(OCCOCC(F)(F)F)c(C=CC(=O)O)n1. The normalized spacial score (nSPS) is 11.8. The number of aliphatic carboxylic acids is 1. The zero-order chi connectivity index (χ0) is 15.9. The number of nitrogens with zero attached hydrogens (tertiary/aromatic N) is 1. The van der Waals surface area contributed by atoms with Gasteiger partial charge in [0.1, 0.15) is 24.7 Å². The number of pyridine rings is 1. The first-order valence-electron chi connectivity index (χ1n) is 5.94. The molecule has 0 saturated heterocycles. The third-order valence-corrected chi connectivity index (χ3v) is 2.16. The van der Waals surface area contributed by atoms with E-state index in [1.165, 1.54) is 6.08 Å². The lowest BCUT2D eigenvalue weighted by atomic mass is 10.2. The van der Waals surface area contributed by atoms with Crippen molar-refractivity contribution in [2.45, 2.75) is 13.1 Å². The van der Waals surface area contributed by atoms with Crippen molar-refractivity contribution in [1.29, 1.82) is 0 Å². The first-order chi connectivity index (χ1) is 9.78. The van der Waals surface area contributed by atoms with Crippen molar-refractivity contribution in [3.05, 3.63) is 29.6 Å². The Hall–Kier alpha value is -2.09. The monoisotopic (exact) mass is 305 g/mol. The summed E-state index contributed by atoms with van der Waals surface area (Å²) in [7, 11) is 0. The fraction of sp³-hybridized carbons (Fsp3) is 0.385. The highest BCUT2D eigenvalue weighted by Crippen LogP contribution is 2.19. The number of ether oxygens (including phenoxy) is 2. The summed E-state index contributed by atoms with van der Waals surface area (Å²) >= 11 is 0. The van der Waals surface area contributed by atoms with Crippen molar-refractivity contribution in [3.8, 4) is 5.75 Å². The first kappa shape index (κ1) is 17.0. The van der Waals surface area contributed by atoms with E-state index < -0.39 is 18.8 Å². The van der Waals surface area contributed by atoms with E-state index in [9.17, 15) is 18.0 Å². The van der Waals surface area contributed by atoms with Crippen molar-refractivity contribution >= 4 is 12.0 Å². The number of rotatable bonds is 7. The van der Waals surface area contributed by atoms with E-state index in [2.05, 4.69) is 9.72 Å². The van der Waals surface area contributed by atoms with Crippen LogP contribution in [0.4, 0.5) is 13.2 Å². The summed E-state index contributed by atoms with van der Waals surface area (Å²) in [5.74, 6) is -0.869.